The average molecular weight is 408 g/mol. The SMILES string of the molecule is CCSC(=O)C1=CCN(S(=O)(=O)c2ccc(Cl)cc2)C1c1ccccc1. The normalized spacial score (nSPS) is 17.9. The zero-order chi connectivity index (χ0) is 18.7. The summed E-state index contributed by atoms with van der Waals surface area (Å²) in [7, 11) is -3.77. The lowest BCUT2D eigenvalue weighted by atomic mass is 10.0. The lowest BCUT2D eigenvalue weighted by molar-refractivity contribution is -0.108. The molecule has 0 radical (unpaired) electrons. The van der Waals surface area contributed by atoms with E-state index in [9.17, 15) is 13.2 Å². The third-order valence-corrected chi connectivity index (χ3v) is 7.00. The maximum absolute atomic E-state index is 13.2. The van der Waals surface area contributed by atoms with Gasteiger partial charge in [0.05, 0.1) is 10.9 Å². The molecule has 0 N–H and O–H groups in total. The molecule has 0 aromatic heterocycles. The number of halogens is 1. The Kier molecular flexibility index (Phi) is 5.87. The summed E-state index contributed by atoms with van der Waals surface area (Å²) < 4.78 is 27.7. The van der Waals surface area contributed by atoms with E-state index in [2.05, 4.69) is 0 Å². The lowest BCUT2D eigenvalue weighted by Crippen LogP contribution is -2.33. The highest BCUT2D eigenvalue weighted by molar-refractivity contribution is 8.14. The standard InChI is InChI=1S/C19H18ClNO3S2/c1-2-25-19(22)17-12-13-21(18(17)14-6-4-3-5-7-14)26(23,24)16-10-8-15(20)9-11-16/h3-12,18H,2,13H2,1H3. The molecule has 2 aromatic rings. The number of hydrogen-bond donors (Lipinski definition) is 0. The van der Waals surface area contributed by atoms with E-state index < -0.39 is 16.1 Å². The molecule has 1 heterocycles. The third-order valence-electron chi connectivity index (χ3n) is 4.12. The molecule has 1 unspecified atom stereocenters. The zero-order valence-corrected chi connectivity index (χ0v) is 16.5. The van der Waals surface area contributed by atoms with E-state index in [0.717, 1.165) is 5.56 Å². The molecular formula is C19H18ClNO3S2. The maximum Gasteiger partial charge on any atom is 0.244 e. The van der Waals surface area contributed by atoms with Crippen LogP contribution >= 0.6 is 23.4 Å². The van der Waals surface area contributed by atoms with Crippen LogP contribution < -0.4 is 0 Å². The Balaban J connectivity index is 2.03. The molecule has 0 saturated carbocycles. The number of sulfonamides is 1. The summed E-state index contributed by atoms with van der Waals surface area (Å²) in [5, 5.41) is 0.383. The van der Waals surface area contributed by atoms with Gasteiger partial charge in [-0.1, -0.05) is 66.7 Å². The topological polar surface area (TPSA) is 54.5 Å². The zero-order valence-electron chi connectivity index (χ0n) is 14.1. The van der Waals surface area contributed by atoms with Gasteiger partial charge in [-0.25, -0.2) is 8.42 Å². The Morgan fingerprint density at radius 2 is 1.81 bits per heavy atom. The highest BCUT2D eigenvalue weighted by Crippen LogP contribution is 2.39. The fourth-order valence-electron chi connectivity index (χ4n) is 2.93. The number of rotatable bonds is 5. The fourth-order valence-corrected chi connectivity index (χ4v) is 5.21. The molecule has 0 amide bonds. The van der Waals surface area contributed by atoms with Gasteiger partial charge in [-0.05, 0) is 35.6 Å². The Morgan fingerprint density at radius 1 is 1.15 bits per heavy atom. The molecule has 1 atom stereocenters. The summed E-state index contributed by atoms with van der Waals surface area (Å²) in [6.45, 7) is 2.06. The van der Waals surface area contributed by atoms with Crippen LogP contribution in [0.25, 0.3) is 0 Å². The Labute approximate surface area is 162 Å². The molecule has 3 rings (SSSR count). The highest BCUT2D eigenvalue weighted by atomic mass is 35.5. The number of nitrogens with zero attached hydrogens (tertiary/aromatic N) is 1. The summed E-state index contributed by atoms with van der Waals surface area (Å²) in [5.41, 5.74) is 1.29. The molecule has 0 aliphatic carbocycles. The van der Waals surface area contributed by atoms with Gasteiger partial charge in [0.25, 0.3) is 0 Å². The van der Waals surface area contributed by atoms with Crippen molar-refractivity contribution in [2.45, 2.75) is 17.9 Å². The first-order valence-electron chi connectivity index (χ1n) is 8.14. The van der Waals surface area contributed by atoms with Gasteiger partial charge < -0.3 is 0 Å². The van der Waals surface area contributed by atoms with E-state index in [0.29, 0.717) is 16.3 Å². The van der Waals surface area contributed by atoms with Gasteiger partial charge in [-0.15, -0.1) is 0 Å². The molecule has 7 heteroatoms. The van der Waals surface area contributed by atoms with E-state index in [1.54, 1.807) is 18.2 Å². The summed E-state index contributed by atoms with van der Waals surface area (Å²) >= 11 is 7.07. The summed E-state index contributed by atoms with van der Waals surface area (Å²) in [6.07, 6.45) is 1.72. The van der Waals surface area contributed by atoms with Crippen LogP contribution in [-0.2, 0) is 14.8 Å². The second-order valence-electron chi connectivity index (χ2n) is 5.72. The molecule has 1 aliphatic rings. The van der Waals surface area contributed by atoms with Crippen molar-refractivity contribution in [3.05, 3.63) is 76.8 Å². The van der Waals surface area contributed by atoms with Crippen LogP contribution in [0.15, 0.2) is 71.1 Å². The van der Waals surface area contributed by atoms with Gasteiger partial charge in [0.1, 0.15) is 0 Å². The van der Waals surface area contributed by atoms with E-state index in [4.69, 9.17) is 11.6 Å². The molecule has 0 saturated heterocycles. The first kappa shape index (κ1) is 19.2. The predicted molar refractivity (Wildman–Crippen MR) is 106 cm³/mol. The van der Waals surface area contributed by atoms with Crippen molar-refractivity contribution in [2.75, 3.05) is 12.3 Å². The van der Waals surface area contributed by atoms with Crippen molar-refractivity contribution in [2.24, 2.45) is 0 Å². The molecule has 26 heavy (non-hydrogen) atoms. The Bertz CT molecular complexity index is 925. The van der Waals surface area contributed by atoms with Gasteiger partial charge >= 0.3 is 0 Å². The summed E-state index contributed by atoms with van der Waals surface area (Å²) in [5.74, 6) is 0.640. The second-order valence-corrected chi connectivity index (χ2v) is 9.29. The summed E-state index contributed by atoms with van der Waals surface area (Å²) in [6, 6.07) is 14.7. The smallest absolute Gasteiger partial charge is 0.244 e. The molecule has 2 aromatic carbocycles. The number of carbonyl (C=O) groups is 1. The molecule has 4 nitrogen and oxygen atoms in total. The quantitative estimate of drug-likeness (QED) is 0.741. The monoisotopic (exact) mass is 407 g/mol. The van der Waals surface area contributed by atoms with Crippen molar-refractivity contribution < 1.29 is 13.2 Å². The van der Waals surface area contributed by atoms with E-state index in [1.807, 2.05) is 37.3 Å². The predicted octanol–water partition coefficient (Wildman–Crippen LogP) is 4.29. The van der Waals surface area contributed by atoms with Gasteiger partial charge in [0, 0.05) is 17.1 Å². The van der Waals surface area contributed by atoms with Crippen LogP contribution in [0.4, 0.5) is 0 Å². The van der Waals surface area contributed by atoms with Gasteiger partial charge in [-0.3, -0.25) is 4.79 Å². The Hall–Kier alpha value is -1.60. The van der Waals surface area contributed by atoms with Crippen LogP contribution in [-0.4, -0.2) is 30.1 Å². The number of carbonyl (C=O) groups excluding carboxylic acids is 1. The van der Waals surface area contributed by atoms with E-state index in [-0.39, 0.29) is 16.6 Å². The van der Waals surface area contributed by atoms with Crippen molar-refractivity contribution in [1.82, 2.24) is 4.31 Å². The van der Waals surface area contributed by atoms with Gasteiger partial charge in [0.2, 0.25) is 15.1 Å². The van der Waals surface area contributed by atoms with Gasteiger partial charge in [0.15, 0.2) is 0 Å². The molecule has 0 fully saturated rings. The molecule has 136 valence electrons. The average Bonchev–Trinajstić information content (AvgIpc) is 3.09. The maximum atomic E-state index is 13.2. The van der Waals surface area contributed by atoms with E-state index >= 15 is 0 Å². The van der Waals surface area contributed by atoms with Crippen LogP contribution in [0.5, 0.6) is 0 Å². The second kappa shape index (κ2) is 7.96. The van der Waals surface area contributed by atoms with E-state index in [1.165, 1.54) is 28.2 Å². The molecule has 0 spiro atoms. The molecular weight excluding hydrogens is 390 g/mol. The minimum Gasteiger partial charge on any atom is -0.282 e. The molecule has 0 bridgehead atoms. The summed E-state index contributed by atoms with van der Waals surface area (Å²) in [4.78, 5) is 12.7. The minimum absolute atomic E-state index is 0.0878. The number of thioether (sulfide) groups is 1. The third kappa shape index (κ3) is 3.74. The van der Waals surface area contributed by atoms with Crippen molar-refractivity contribution >= 4 is 38.5 Å². The first-order valence-corrected chi connectivity index (χ1v) is 10.9. The van der Waals surface area contributed by atoms with Crippen molar-refractivity contribution in [3.8, 4) is 0 Å². The highest BCUT2D eigenvalue weighted by Gasteiger charge is 2.40. The fraction of sp³-hybridized carbons (Fsp3) is 0.211. The minimum atomic E-state index is -3.77. The van der Waals surface area contributed by atoms with Crippen LogP contribution in [0.3, 0.4) is 0 Å². The number of hydrogen-bond acceptors (Lipinski definition) is 4. The van der Waals surface area contributed by atoms with Gasteiger partial charge in [-0.2, -0.15) is 4.31 Å². The lowest BCUT2D eigenvalue weighted by Gasteiger charge is -2.26. The Morgan fingerprint density at radius 3 is 2.42 bits per heavy atom. The largest absolute Gasteiger partial charge is 0.282 e. The van der Waals surface area contributed by atoms with Crippen LogP contribution in [0.2, 0.25) is 5.02 Å². The van der Waals surface area contributed by atoms with Crippen molar-refractivity contribution in [3.63, 3.8) is 0 Å². The van der Waals surface area contributed by atoms with Crippen molar-refractivity contribution in [1.29, 1.82) is 0 Å². The van der Waals surface area contributed by atoms with Crippen LogP contribution in [0, 0.1) is 0 Å². The number of benzene rings is 2. The molecule has 1 aliphatic heterocycles. The van der Waals surface area contributed by atoms with Crippen LogP contribution in [0.1, 0.15) is 18.5 Å². The first-order chi connectivity index (χ1) is 12.4.